The van der Waals surface area contributed by atoms with Crippen LogP contribution in [-0.4, -0.2) is 61.1 Å². The minimum absolute atomic E-state index is 0.104. The summed E-state index contributed by atoms with van der Waals surface area (Å²) >= 11 is 6.43. The van der Waals surface area contributed by atoms with E-state index >= 15 is 0 Å². The monoisotopic (exact) mass is 667 g/mol. The number of anilines is 1. The molecule has 1 saturated carbocycles. The normalized spacial score (nSPS) is 31.2. The van der Waals surface area contributed by atoms with Crippen molar-refractivity contribution in [1.29, 1.82) is 0 Å². The van der Waals surface area contributed by atoms with Gasteiger partial charge in [0.25, 0.3) is 11.8 Å². The number of aryl methyl sites for hydroxylation is 1. The molecule has 1 N–H and O–H groups in total. The van der Waals surface area contributed by atoms with E-state index in [0.29, 0.717) is 30.7 Å². The predicted octanol–water partition coefficient (Wildman–Crippen LogP) is 5.79. The first-order valence-corrected chi connectivity index (χ1v) is 17.8. The number of hydrogen-bond donors (Lipinski definition) is 1. The molecule has 2 aromatic carbocycles. The lowest BCUT2D eigenvalue weighted by Crippen LogP contribution is -2.49. The summed E-state index contributed by atoms with van der Waals surface area (Å²) in [5, 5.41) is 0.725. The van der Waals surface area contributed by atoms with Crippen LogP contribution in [0, 0.1) is 11.8 Å². The molecule has 1 fully saturated rings. The molecular formula is C35H42ClN3O6S. The molecule has 46 heavy (non-hydrogen) atoms. The Labute approximate surface area is 276 Å². The highest BCUT2D eigenvalue weighted by Crippen LogP contribution is 2.47. The van der Waals surface area contributed by atoms with E-state index in [-0.39, 0.29) is 23.0 Å². The van der Waals surface area contributed by atoms with Crippen LogP contribution in [0.15, 0.2) is 70.5 Å². The number of benzene rings is 2. The summed E-state index contributed by atoms with van der Waals surface area (Å²) in [5.41, 5.74) is 1.53. The fraction of sp³-hybridized carbons (Fsp3) is 0.486. The van der Waals surface area contributed by atoms with Gasteiger partial charge in [0.15, 0.2) is 9.92 Å². The Morgan fingerprint density at radius 2 is 2.07 bits per heavy atom. The summed E-state index contributed by atoms with van der Waals surface area (Å²) < 4.78 is 39.6. The molecule has 6 rings (SSSR count). The van der Waals surface area contributed by atoms with Crippen molar-refractivity contribution in [3.8, 4) is 5.75 Å². The highest BCUT2D eigenvalue weighted by molar-refractivity contribution is 7.92. The van der Waals surface area contributed by atoms with Crippen LogP contribution < -0.4 is 14.4 Å². The van der Waals surface area contributed by atoms with E-state index in [1.807, 2.05) is 18.2 Å². The Morgan fingerprint density at radius 3 is 2.80 bits per heavy atom. The summed E-state index contributed by atoms with van der Waals surface area (Å²) in [6.45, 7) is 8.66. The molecule has 0 radical (unpaired) electrons. The van der Waals surface area contributed by atoms with Crippen molar-refractivity contribution in [1.82, 2.24) is 4.72 Å². The van der Waals surface area contributed by atoms with Crippen LogP contribution >= 0.6 is 11.6 Å². The van der Waals surface area contributed by atoms with Crippen molar-refractivity contribution in [3.05, 3.63) is 77.4 Å². The first-order valence-electron chi connectivity index (χ1n) is 15.9. The average molecular weight is 668 g/mol. The quantitative estimate of drug-likeness (QED) is 0.326. The summed E-state index contributed by atoms with van der Waals surface area (Å²) in [6, 6.07) is 11.3. The smallest absolute Gasteiger partial charge is 0.287 e. The minimum Gasteiger partial charge on any atom is -0.490 e. The Bertz CT molecular complexity index is 1700. The molecule has 2 amide bonds. The van der Waals surface area contributed by atoms with E-state index in [2.05, 4.69) is 32.7 Å². The molecule has 2 aromatic rings. The van der Waals surface area contributed by atoms with E-state index in [9.17, 15) is 13.8 Å². The highest BCUT2D eigenvalue weighted by Gasteiger charge is 2.44. The van der Waals surface area contributed by atoms with Gasteiger partial charge in [-0.1, -0.05) is 36.4 Å². The Hall–Kier alpha value is -3.18. The summed E-state index contributed by atoms with van der Waals surface area (Å²) in [7, 11) is -2.06. The summed E-state index contributed by atoms with van der Waals surface area (Å²) in [4.78, 5) is 28.6. The maximum absolute atomic E-state index is 14.6. The fourth-order valence-electron chi connectivity index (χ4n) is 7.25. The van der Waals surface area contributed by atoms with E-state index in [0.717, 1.165) is 55.4 Å². The maximum Gasteiger partial charge on any atom is 0.287 e. The van der Waals surface area contributed by atoms with Gasteiger partial charge in [-0.2, -0.15) is 0 Å². The number of ether oxygens (including phenoxy) is 3. The van der Waals surface area contributed by atoms with Crippen LogP contribution in [0.3, 0.4) is 0 Å². The number of methoxy groups -OCH3 is 1. The zero-order valence-electron chi connectivity index (χ0n) is 26.6. The molecule has 2 heterocycles. The molecule has 5 atom stereocenters. The van der Waals surface area contributed by atoms with Gasteiger partial charge in [0, 0.05) is 30.6 Å². The molecule has 2 aliphatic heterocycles. The largest absolute Gasteiger partial charge is 0.490 e. The standard InChI is InChI=1S/C35H42ClN3O6S/c1-5-32(40)37-46(42)26-12-15-31-29(19-26)39(21-35(22-44-31)16-6-8-23-18-25(36)11-14-28(23)35)20-24-10-13-27(24)30(43-4)9-7-17-45-34(2,3)33(41)38-46/h5,7,9,11-12,14-15,18-19,24,27,30H,1,6,8,10,13,16-17,20-22H2,2-4H3,(H,37,38,40,41,42)/b9-7-/t24-,27+,30+,35-,46?/m0/s1. The maximum atomic E-state index is 14.6. The first-order chi connectivity index (χ1) is 22.0. The molecule has 0 aromatic heterocycles. The van der Waals surface area contributed by atoms with Gasteiger partial charge in [0.2, 0.25) is 0 Å². The second kappa shape index (κ2) is 12.8. The third-order valence-electron chi connectivity index (χ3n) is 9.97. The van der Waals surface area contributed by atoms with Crippen molar-refractivity contribution < 1.29 is 28.0 Å². The molecule has 1 spiro atoms. The number of rotatable bonds is 3. The van der Waals surface area contributed by atoms with E-state index in [4.69, 9.17) is 25.8 Å². The molecule has 1 unspecified atom stereocenters. The third kappa shape index (κ3) is 6.24. The molecule has 9 nitrogen and oxygen atoms in total. The van der Waals surface area contributed by atoms with Crippen molar-refractivity contribution in [2.24, 2.45) is 16.2 Å². The van der Waals surface area contributed by atoms with Crippen LogP contribution in [0.25, 0.3) is 0 Å². The minimum atomic E-state index is -3.78. The molecule has 11 heteroatoms. The first kappa shape index (κ1) is 32.7. The van der Waals surface area contributed by atoms with Crippen molar-refractivity contribution >= 4 is 39.0 Å². The van der Waals surface area contributed by atoms with E-state index in [1.165, 1.54) is 11.1 Å². The van der Waals surface area contributed by atoms with E-state index in [1.54, 1.807) is 39.2 Å². The van der Waals surface area contributed by atoms with Crippen LogP contribution in [0.1, 0.15) is 50.7 Å². The Morgan fingerprint density at radius 1 is 1.24 bits per heavy atom. The highest BCUT2D eigenvalue weighted by atomic mass is 35.5. The Kier molecular flexibility index (Phi) is 9.10. The van der Waals surface area contributed by atoms with Gasteiger partial charge < -0.3 is 19.1 Å². The number of amides is 2. The summed E-state index contributed by atoms with van der Waals surface area (Å²) in [6.07, 6.45) is 9.77. The number of fused-ring (bicyclic) bond motifs is 4. The van der Waals surface area contributed by atoms with Gasteiger partial charge >= 0.3 is 0 Å². The average Bonchev–Trinajstić information content (AvgIpc) is 3.16. The summed E-state index contributed by atoms with van der Waals surface area (Å²) in [5.74, 6) is -0.201. The van der Waals surface area contributed by atoms with Gasteiger partial charge in [-0.25, -0.2) is 4.21 Å². The van der Waals surface area contributed by atoms with Crippen LogP contribution in [-0.2, 0) is 40.8 Å². The molecule has 0 saturated heterocycles. The zero-order valence-corrected chi connectivity index (χ0v) is 28.2. The topological polar surface area (TPSA) is 107 Å². The molecule has 4 aliphatic rings. The van der Waals surface area contributed by atoms with Crippen molar-refractivity contribution in [3.63, 3.8) is 0 Å². The molecular weight excluding hydrogens is 626 g/mol. The fourth-order valence-corrected chi connectivity index (χ4v) is 9.04. The van der Waals surface area contributed by atoms with Gasteiger partial charge in [0.05, 0.1) is 29.9 Å². The lowest BCUT2D eigenvalue weighted by molar-refractivity contribution is -0.137. The van der Waals surface area contributed by atoms with Gasteiger partial charge in [-0.05, 0) is 105 Å². The second-order valence-corrected chi connectivity index (χ2v) is 15.6. The number of nitrogens with zero attached hydrogens (tertiary/aromatic N) is 2. The number of hydrogen-bond acceptors (Lipinski definition) is 7. The van der Waals surface area contributed by atoms with Gasteiger partial charge in [-0.3, -0.25) is 14.3 Å². The number of nitrogens with one attached hydrogen (secondary N) is 1. The van der Waals surface area contributed by atoms with Crippen molar-refractivity contribution in [2.45, 2.75) is 68.0 Å². The lowest BCUT2D eigenvalue weighted by Gasteiger charge is -2.46. The number of carbonyl (C=O) groups excluding carboxylic acids is 2. The number of carbonyl (C=O) groups is 2. The SMILES string of the molecule is C=CC(=O)NS1(=O)=NC(=O)C(C)(C)OC/C=C\[C@@H](OC)[C@@H]2CC[C@H]2CN2C[C@@]3(CCCc4cc(Cl)ccc43)COc3ccc1cc32. The molecule has 246 valence electrons. The Balaban J connectivity index is 1.51. The molecule has 2 aliphatic carbocycles. The van der Waals surface area contributed by atoms with Crippen LogP contribution in [0.5, 0.6) is 5.75 Å². The van der Waals surface area contributed by atoms with Gasteiger partial charge in [0.1, 0.15) is 11.4 Å². The second-order valence-electron chi connectivity index (χ2n) is 13.3. The zero-order chi connectivity index (χ0) is 32.7. The predicted molar refractivity (Wildman–Crippen MR) is 179 cm³/mol. The van der Waals surface area contributed by atoms with Gasteiger partial charge in [-0.15, -0.1) is 4.36 Å². The van der Waals surface area contributed by atoms with E-state index < -0.39 is 27.3 Å². The molecule has 2 bridgehead atoms. The van der Waals surface area contributed by atoms with Crippen molar-refractivity contribution in [2.75, 3.05) is 38.3 Å². The number of halogens is 1. The third-order valence-corrected chi connectivity index (χ3v) is 12.0. The van der Waals surface area contributed by atoms with Crippen LogP contribution in [0.2, 0.25) is 5.02 Å². The lowest BCUT2D eigenvalue weighted by atomic mass is 9.68. The van der Waals surface area contributed by atoms with Crippen LogP contribution in [0.4, 0.5) is 5.69 Å².